The molecule has 0 unspecified atom stereocenters. The fraction of sp³-hybridized carbons (Fsp3) is 0.136. The van der Waals surface area contributed by atoms with E-state index in [1.54, 1.807) is 47.4 Å². The maximum atomic E-state index is 13.8. The van der Waals surface area contributed by atoms with Gasteiger partial charge in [0.25, 0.3) is 15.9 Å². The first-order valence-corrected chi connectivity index (χ1v) is 10.6. The lowest BCUT2D eigenvalue weighted by molar-refractivity contribution is 0.0981. The molecular weight excluding hydrogens is 391 g/mol. The van der Waals surface area contributed by atoms with E-state index in [0.29, 0.717) is 17.7 Å². The van der Waals surface area contributed by atoms with Crippen LogP contribution in [0.2, 0.25) is 0 Å². The van der Waals surface area contributed by atoms with Gasteiger partial charge in [-0.25, -0.2) is 12.8 Å². The maximum absolute atomic E-state index is 13.8. The summed E-state index contributed by atoms with van der Waals surface area (Å²) in [7, 11) is -3.96. The van der Waals surface area contributed by atoms with E-state index in [1.807, 2.05) is 13.0 Å². The summed E-state index contributed by atoms with van der Waals surface area (Å²) in [5, 5.41) is 0. The fourth-order valence-corrected chi connectivity index (χ4v) is 4.67. The van der Waals surface area contributed by atoms with Crippen LogP contribution in [0.15, 0.2) is 77.7 Å². The first-order chi connectivity index (χ1) is 13.9. The van der Waals surface area contributed by atoms with E-state index < -0.39 is 15.8 Å². The highest BCUT2D eigenvalue weighted by atomic mass is 32.2. The molecule has 1 aliphatic rings. The molecule has 0 saturated heterocycles. The van der Waals surface area contributed by atoms with Crippen molar-refractivity contribution in [3.8, 4) is 0 Å². The lowest BCUT2D eigenvalue weighted by Crippen LogP contribution is -2.35. The normalized spacial score (nSPS) is 15.8. The Morgan fingerprint density at radius 1 is 1.03 bits per heavy atom. The predicted octanol–water partition coefficient (Wildman–Crippen LogP) is 4.22. The third-order valence-electron chi connectivity index (χ3n) is 4.93. The second-order valence-corrected chi connectivity index (χ2v) is 8.65. The standard InChI is InChI=1S/C22H19FN2O3S/c1-15-13-17-14-18(29(27,28)24-20-10-6-5-9-19(20)23)11-12-21(17)25(15)22(26)16-7-3-2-4-8-16/h2-12,14-15,24H,13H2,1H3/t15-/m1/s1. The summed E-state index contributed by atoms with van der Waals surface area (Å²) in [5.74, 6) is -0.776. The van der Waals surface area contributed by atoms with Gasteiger partial charge < -0.3 is 4.90 Å². The van der Waals surface area contributed by atoms with Crippen molar-refractivity contribution in [2.24, 2.45) is 0 Å². The van der Waals surface area contributed by atoms with E-state index in [0.717, 1.165) is 5.56 Å². The highest BCUT2D eigenvalue weighted by Gasteiger charge is 2.32. The summed E-state index contributed by atoms with van der Waals surface area (Å²) in [6.07, 6.45) is 0.539. The summed E-state index contributed by atoms with van der Waals surface area (Å²) in [6.45, 7) is 1.92. The Bertz CT molecular complexity index is 1180. The van der Waals surface area contributed by atoms with Crippen molar-refractivity contribution in [3.05, 3.63) is 89.7 Å². The summed E-state index contributed by atoms with van der Waals surface area (Å²) in [6, 6.07) is 19.1. The zero-order valence-corrected chi connectivity index (χ0v) is 16.5. The van der Waals surface area contributed by atoms with Crippen LogP contribution >= 0.6 is 0 Å². The molecule has 3 aromatic carbocycles. The Labute approximate surface area is 168 Å². The van der Waals surface area contributed by atoms with E-state index in [9.17, 15) is 17.6 Å². The number of hydrogen-bond donors (Lipinski definition) is 1. The molecule has 0 bridgehead atoms. The van der Waals surface area contributed by atoms with Crippen LogP contribution in [-0.2, 0) is 16.4 Å². The van der Waals surface area contributed by atoms with Crippen LogP contribution in [0.4, 0.5) is 15.8 Å². The monoisotopic (exact) mass is 410 g/mol. The Kier molecular flexibility index (Phi) is 4.84. The number of hydrogen-bond acceptors (Lipinski definition) is 3. The Morgan fingerprint density at radius 2 is 1.72 bits per heavy atom. The van der Waals surface area contributed by atoms with Crippen molar-refractivity contribution in [1.29, 1.82) is 0 Å². The molecule has 0 aromatic heterocycles. The van der Waals surface area contributed by atoms with E-state index in [-0.39, 0.29) is 22.5 Å². The number of amides is 1. The third-order valence-corrected chi connectivity index (χ3v) is 6.30. The molecule has 0 spiro atoms. The molecule has 0 fully saturated rings. The number of halogens is 1. The fourth-order valence-electron chi connectivity index (χ4n) is 3.55. The van der Waals surface area contributed by atoms with Gasteiger partial charge in [0.1, 0.15) is 5.82 Å². The third kappa shape index (κ3) is 3.61. The Hall–Kier alpha value is -3.19. The number of carbonyl (C=O) groups is 1. The number of carbonyl (C=O) groups excluding carboxylic acids is 1. The van der Waals surface area contributed by atoms with Gasteiger partial charge in [-0.15, -0.1) is 0 Å². The number of nitrogens with one attached hydrogen (secondary N) is 1. The minimum atomic E-state index is -3.96. The number of anilines is 2. The molecule has 7 heteroatoms. The van der Waals surface area contributed by atoms with Crippen LogP contribution in [0.25, 0.3) is 0 Å². The molecule has 0 saturated carbocycles. The molecule has 5 nitrogen and oxygen atoms in total. The summed E-state index contributed by atoms with van der Waals surface area (Å²) >= 11 is 0. The minimum Gasteiger partial charge on any atom is -0.305 e. The van der Waals surface area contributed by atoms with E-state index in [2.05, 4.69) is 4.72 Å². The SMILES string of the molecule is C[C@@H]1Cc2cc(S(=O)(=O)Nc3ccccc3F)ccc2N1C(=O)c1ccccc1. The van der Waals surface area contributed by atoms with Gasteiger partial charge in [0.15, 0.2) is 0 Å². The summed E-state index contributed by atoms with van der Waals surface area (Å²) < 4.78 is 41.5. The lowest BCUT2D eigenvalue weighted by Gasteiger charge is -2.23. The average Bonchev–Trinajstić information content (AvgIpc) is 3.04. The van der Waals surface area contributed by atoms with Gasteiger partial charge in [0.2, 0.25) is 0 Å². The summed E-state index contributed by atoms with van der Waals surface area (Å²) in [4.78, 5) is 14.6. The largest absolute Gasteiger partial charge is 0.305 e. The number of nitrogens with zero attached hydrogens (tertiary/aromatic N) is 1. The summed E-state index contributed by atoms with van der Waals surface area (Å²) in [5.41, 5.74) is 1.92. The quantitative estimate of drug-likeness (QED) is 0.700. The molecular formula is C22H19FN2O3S. The highest BCUT2D eigenvalue weighted by Crippen LogP contribution is 2.35. The number of fused-ring (bicyclic) bond motifs is 1. The van der Waals surface area contributed by atoms with Crippen molar-refractivity contribution in [1.82, 2.24) is 0 Å². The van der Waals surface area contributed by atoms with Gasteiger partial charge in [-0.05, 0) is 61.4 Å². The van der Waals surface area contributed by atoms with Gasteiger partial charge in [-0.1, -0.05) is 30.3 Å². The van der Waals surface area contributed by atoms with E-state index in [4.69, 9.17) is 0 Å². The number of sulfonamides is 1. The molecule has 0 radical (unpaired) electrons. The number of benzene rings is 3. The molecule has 1 amide bonds. The first-order valence-electron chi connectivity index (χ1n) is 9.16. The maximum Gasteiger partial charge on any atom is 0.261 e. The van der Waals surface area contributed by atoms with Gasteiger partial charge in [-0.2, -0.15) is 0 Å². The van der Waals surface area contributed by atoms with E-state index in [1.165, 1.54) is 24.3 Å². The van der Waals surface area contributed by atoms with Crippen LogP contribution in [0.5, 0.6) is 0 Å². The molecule has 1 atom stereocenters. The number of rotatable bonds is 4. The first kappa shape index (κ1) is 19.1. The lowest BCUT2D eigenvalue weighted by atomic mass is 10.1. The van der Waals surface area contributed by atoms with Crippen LogP contribution in [-0.4, -0.2) is 20.4 Å². The van der Waals surface area contributed by atoms with E-state index >= 15 is 0 Å². The predicted molar refractivity (Wildman–Crippen MR) is 110 cm³/mol. The zero-order chi connectivity index (χ0) is 20.6. The Balaban J connectivity index is 1.65. The highest BCUT2D eigenvalue weighted by molar-refractivity contribution is 7.92. The van der Waals surface area contributed by atoms with Gasteiger partial charge in [-0.3, -0.25) is 9.52 Å². The van der Waals surface area contributed by atoms with Crippen molar-refractivity contribution >= 4 is 27.3 Å². The van der Waals surface area contributed by atoms with Gasteiger partial charge in [0, 0.05) is 17.3 Å². The molecule has 148 valence electrons. The smallest absolute Gasteiger partial charge is 0.261 e. The molecule has 1 N–H and O–H groups in total. The average molecular weight is 410 g/mol. The molecule has 0 aliphatic carbocycles. The second-order valence-electron chi connectivity index (χ2n) is 6.97. The Morgan fingerprint density at radius 3 is 2.45 bits per heavy atom. The molecule has 1 aliphatic heterocycles. The second kappa shape index (κ2) is 7.33. The van der Waals surface area contributed by atoms with Crippen molar-refractivity contribution in [2.45, 2.75) is 24.3 Å². The van der Waals surface area contributed by atoms with Crippen LogP contribution in [0.1, 0.15) is 22.8 Å². The topological polar surface area (TPSA) is 66.5 Å². The van der Waals surface area contributed by atoms with Crippen LogP contribution < -0.4 is 9.62 Å². The molecule has 1 heterocycles. The van der Waals surface area contributed by atoms with Crippen LogP contribution in [0.3, 0.4) is 0 Å². The molecule has 29 heavy (non-hydrogen) atoms. The minimum absolute atomic E-state index is 0.0284. The molecule has 4 rings (SSSR count). The van der Waals surface area contributed by atoms with Crippen LogP contribution in [0, 0.1) is 5.82 Å². The molecule has 3 aromatic rings. The van der Waals surface area contributed by atoms with Crippen molar-refractivity contribution in [3.63, 3.8) is 0 Å². The number of para-hydroxylation sites is 1. The zero-order valence-electron chi connectivity index (χ0n) is 15.7. The van der Waals surface area contributed by atoms with Crippen molar-refractivity contribution in [2.75, 3.05) is 9.62 Å². The van der Waals surface area contributed by atoms with Gasteiger partial charge >= 0.3 is 0 Å². The van der Waals surface area contributed by atoms with Gasteiger partial charge in [0.05, 0.1) is 10.6 Å². The van der Waals surface area contributed by atoms with Crippen molar-refractivity contribution < 1.29 is 17.6 Å².